The molecule has 0 aliphatic rings. The van der Waals surface area contributed by atoms with E-state index in [-0.39, 0.29) is 11.9 Å². The number of likely N-dealkylation sites (N-methyl/N-ethyl adjacent to an activating group) is 2. The molecule has 2 N–H and O–H groups in total. The summed E-state index contributed by atoms with van der Waals surface area (Å²) in [5, 5.41) is 5.67. The second kappa shape index (κ2) is 5.51. The Kier molecular flexibility index (Phi) is 4.31. The lowest BCUT2D eigenvalue weighted by atomic mass is 10.0. The molecule has 1 atom stereocenters. The highest BCUT2D eigenvalue weighted by atomic mass is 16.2. The molecule has 3 heteroatoms. The summed E-state index contributed by atoms with van der Waals surface area (Å²) < 4.78 is 0. The van der Waals surface area contributed by atoms with Crippen molar-refractivity contribution in [2.75, 3.05) is 14.1 Å². The third-order valence-electron chi connectivity index (χ3n) is 2.60. The van der Waals surface area contributed by atoms with Gasteiger partial charge >= 0.3 is 0 Å². The van der Waals surface area contributed by atoms with Gasteiger partial charge in [-0.05, 0) is 31.5 Å². The maximum Gasteiger partial charge on any atom is 0.237 e. The van der Waals surface area contributed by atoms with E-state index in [9.17, 15) is 4.79 Å². The Morgan fingerprint density at radius 1 is 1.33 bits per heavy atom. The SMILES string of the molecule is CNC(=O)C(Cc1ccccc1C)NC. The first kappa shape index (κ1) is 11.7. The molecule has 0 saturated carbocycles. The van der Waals surface area contributed by atoms with Crippen molar-refractivity contribution in [1.82, 2.24) is 10.6 Å². The predicted molar refractivity (Wildman–Crippen MR) is 61.8 cm³/mol. The minimum absolute atomic E-state index is 0.0285. The normalized spacial score (nSPS) is 12.2. The summed E-state index contributed by atoms with van der Waals surface area (Å²) in [7, 11) is 3.46. The molecule has 1 aromatic carbocycles. The van der Waals surface area contributed by atoms with E-state index in [1.165, 1.54) is 11.1 Å². The predicted octanol–water partition coefficient (Wildman–Crippen LogP) is 0.872. The van der Waals surface area contributed by atoms with E-state index in [0.717, 1.165) is 6.42 Å². The van der Waals surface area contributed by atoms with Crippen LogP contribution >= 0.6 is 0 Å². The molecule has 0 spiro atoms. The average molecular weight is 206 g/mol. The smallest absolute Gasteiger partial charge is 0.237 e. The number of benzene rings is 1. The lowest BCUT2D eigenvalue weighted by Gasteiger charge is -2.15. The molecule has 3 nitrogen and oxygen atoms in total. The monoisotopic (exact) mass is 206 g/mol. The minimum atomic E-state index is -0.156. The van der Waals surface area contributed by atoms with Gasteiger partial charge in [-0.2, -0.15) is 0 Å². The third kappa shape index (κ3) is 3.06. The van der Waals surface area contributed by atoms with Crippen LogP contribution < -0.4 is 10.6 Å². The van der Waals surface area contributed by atoms with Gasteiger partial charge in [0.2, 0.25) is 5.91 Å². The Morgan fingerprint density at radius 3 is 2.53 bits per heavy atom. The van der Waals surface area contributed by atoms with Gasteiger partial charge in [-0.1, -0.05) is 24.3 Å². The quantitative estimate of drug-likeness (QED) is 0.767. The molecule has 1 rings (SSSR count). The first-order valence-electron chi connectivity index (χ1n) is 5.12. The number of hydrogen-bond acceptors (Lipinski definition) is 2. The maximum atomic E-state index is 11.5. The Labute approximate surface area is 90.9 Å². The van der Waals surface area contributed by atoms with Crippen LogP contribution in [-0.4, -0.2) is 26.0 Å². The van der Waals surface area contributed by atoms with Crippen LogP contribution in [0, 0.1) is 6.92 Å². The van der Waals surface area contributed by atoms with E-state index < -0.39 is 0 Å². The van der Waals surface area contributed by atoms with Crippen LogP contribution in [-0.2, 0) is 11.2 Å². The average Bonchev–Trinajstić information content (AvgIpc) is 2.27. The van der Waals surface area contributed by atoms with Crippen LogP contribution in [0.2, 0.25) is 0 Å². The first-order valence-corrected chi connectivity index (χ1v) is 5.12. The Balaban J connectivity index is 2.75. The summed E-state index contributed by atoms with van der Waals surface area (Å²) in [4.78, 5) is 11.5. The topological polar surface area (TPSA) is 41.1 Å². The molecule has 1 unspecified atom stereocenters. The highest BCUT2D eigenvalue weighted by Crippen LogP contribution is 2.09. The fourth-order valence-electron chi connectivity index (χ4n) is 1.56. The molecule has 0 radical (unpaired) electrons. The second-order valence-electron chi connectivity index (χ2n) is 3.59. The molecule has 0 heterocycles. The molecule has 0 aliphatic heterocycles. The van der Waals surface area contributed by atoms with Crippen LogP contribution in [0.1, 0.15) is 11.1 Å². The van der Waals surface area contributed by atoms with E-state index in [2.05, 4.69) is 29.7 Å². The van der Waals surface area contributed by atoms with Crippen molar-refractivity contribution in [3.63, 3.8) is 0 Å². The Bertz CT molecular complexity index is 336. The van der Waals surface area contributed by atoms with Crippen molar-refractivity contribution in [3.8, 4) is 0 Å². The summed E-state index contributed by atoms with van der Waals surface area (Å²) in [5.41, 5.74) is 2.43. The number of aryl methyl sites for hydroxylation is 1. The Hall–Kier alpha value is -1.35. The van der Waals surface area contributed by atoms with Crippen molar-refractivity contribution >= 4 is 5.91 Å². The van der Waals surface area contributed by atoms with Crippen LogP contribution in [0.5, 0.6) is 0 Å². The molecule has 0 bridgehead atoms. The largest absolute Gasteiger partial charge is 0.358 e. The minimum Gasteiger partial charge on any atom is -0.358 e. The summed E-state index contributed by atoms with van der Waals surface area (Å²) in [6.07, 6.45) is 0.725. The first-order chi connectivity index (χ1) is 7.19. The third-order valence-corrected chi connectivity index (χ3v) is 2.60. The van der Waals surface area contributed by atoms with Gasteiger partial charge < -0.3 is 10.6 Å². The van der Waals surface area contributed by atoms with Gasteiger partial charge in [-0.25, -0.2) is 0 Å². The number of amides is 1. The zero-order valence-corrected chi connectivity index (χ0v) is 9.50. The molecular formula is C12H18N2O. The molecule has 15 heavy (non-hydrogen) atoms. The molecule has 0 aliphatic carbocycles. The van der Waals surface area contributed by atoms with E-state index >= 15 is 0 Å². The Morgan fingerprint density at radius 2 is 2.00 bits per heavy atom. The fraction of sp³-hybridized carbons (Fsp3) is 0.417. The van der Waals surface area contributed by atoms with Gasteiger partial charge in [-0.15, -0.1) is 0 Å². The summed E-state index contributed by atoms with van der Waals surface area (Å²) in [5.74, 6) is 0.0285. The number of carbonyl (C=O) groups excluding carboxylic acids is 1. The number of hydrogen-bond donors (Lipinski definition) is 2. The van der Waals surface area contributed by atoms with Gasteiger partial charge in [0.05, 0.1) is 6.04 Å². The van der Waals surface area contributed by atoms with Crippen LogP contribution in [0.4, 0.5) is 0 Å². The zero-order valence-electron chi connectivity index (χ0n) is 9.50. The van der Waals surface area contributed by atoms with Crippen molar-refractivity contribution in [3.05, 3.63) is 35.4 Å². The summed E-state index contributed by atoms with van der Waals surface area (Å²) in [6, 6.07) is 7.97. The van der Waals surface area contributed by atoms with Crippen LogP contribution in [0.15, 0.2) is 24.3 Å². The highest BCUT2D eigenvalue weighted by molar-refractivity contribution is 5.81. The lowest BCUT2D eigenvalue weighted by Crippen LogP contribution is -2.42. The van der Waals surface area contributed by atoms with Crippen molar-refractivity contribution in [2.45, 2.75) is 19.4 Å². The van der Waals surface area contributed by atoms with Crippen molar-refractivity contribution in [1.29, 1.82) is 0 Å². The summed E-state index contributed by atoms with van der Waals surface area (Å²) >= 11 is 0. The molecule has 1 amide bonds. The molecule has 0 aromatic heterocycles. The molecule has 0 saturated heterocycles. The van der Waals surface area contributed by atoms with Gasteiger partial charge in [0, 0.05) is 7.05 Å². The lowest BCUT2D eigenvalue weighted by molar-refractivity contribution is -0.122. The van der Waals surface area contributed by atoms with E-state index in [1.54, 1.807) is 14.1 Å². The van der Waals surface area contributed by atoms with Crippen molar-refractivity contribution in [2.24, 2.45) is 0 Å². The summed E-state index contributed by atoms with van der Waals surface area (Å²) in [6.45, 7) is 2.06. The molecule has 0 fully saturated rings. The van der Waals surface area contributed by atoms with Gasteiger partial charge in [-0.3, -0.25) is 4.79 Å². The number of rotatable bonds is 4. The highest BCUT2D eigenvalue weighted by Gasteiger charge is 2.15. The van der Waals surface area contributed by atoms with E-state index in [0.29, 0.717) is 0 Å². The van der Waals surface area contributed by atoms with Gasteiger partial charge in [0.1, 0.15) is 0 Å². The molecule has 82 valence electrons. The van der Waals surface area contributed by atoms with E-state index in [1.807, 2.05) is 12.1 Å². The second-order valence-corrected chi connectivity index (χ2v) is 3.59. The van der Waals surface area contributed by atoms with E-state index in [4.69, 9.17) is 0 Å². The molecule has 1 aromatic rings. The van der Waals surface area contributed by atoms with Gasteiger partial charge in [0.25, 0.3) is 0 Å². The molecular weight excluding hydrogens is 188 g/mol. The standard InChI is InChI=1S/C12H18N2O/c1-9-6-4-5-7-10(9)8-11(13-2)12(15)14-3/h4-7,11,13H,8H2,1-3H3,(H,14,15). The zero-order chi connectivity index (χ0) is 11.3. The maximum absolute atomic E-state index is 11.5. The van der Waals surface area contributed by atoms with Crippen LogP contribution in [0.3, 0.4) is 0 Å². The number of nitrogens with one attached hydrogen (secondary N) is 2. The number of carbonyl (C=O) groups is 1. The van der Waals surface area contributed by atoms with Crippen molar-refractivity contribution < 1.29 is 4.79 Å². The van der Waals surface area contributed by atoms with Gasteiger partial charge in [0.15, 0.2) is 0 Å². The fourth-order valence-corrected chi connectivity index (χ4v) is 1.56. The van der Waals surface area contributed by atoms with Crippen LogP contribution in [0.25, 0.3) is 0 Å².